The minimum atomic E-state index is -0.840. The van der Waals surface area contributed by atoms with Gasteiger partial charge in [0, 0.05) is 6.04 Å². The fourth-order valence-corrected chi connectivity index (χ4v) is 5.03. The summed E-state index contributed by atoms with van der Waals surface area (Å²) in [7, 11) is 0. The first kappa shape index (κ1) is 18.2. The number of rotatable bonds is 3. The van der Waals surface area contributed by atoms with Gasteiger partial charge in [0.25, 0.3) is 5.91 Å². The zero-order chi connectivity index (χ0) is 18.2. The summed E-state index contributed by atoms with van der Waals surface area (Å²) in [6, 6.07) is -0.313. The van der Waals surface area contributed by atoms with E-state index in [2.05, 4.69) is 36.7 Å². The first-order chi connectivity index (χ1) is 11.7. The fourth-order valence-electron chi connectivity index (χ4n) is 5.03. The number of urea groups is 1. The number of amides is 4. The van der Waals surface area contributed by atoms with E-state index in [0.717, 1.165) is 37.3 Å². The van der Waals surface area contributed by atoms with E-state index >= 15 is 0 Å². The molecule has 1 aliphatic carbocycles. The normalized spacial score (nSPS) is 32.8. The van der Waals surface area contributed by atoms with E-state index in [4.69, 9.17) is 0 Å². The third-order valence-electron chi connectivity index (χ3n) is 5.63. The van der Waals surface area contributed by atoms with Crippen molar-refractivity contribution in [3.05, 3.63) is 0 Å². The lowest BCUT2D eigenvalue weighted by atomic mass is 9.64. The number of hydrogen-bond acceptors (Lipinski definition) is 4. The molecule has 1 saturated carbocycles. The Bertz CT molecular complexity index is 571. The van der Waals surface area contributed by atoms with Crippen LogP contribution in [0.4, 0.5) is 4.79 Å². The van der Waals surface area contributed by atoms with Gasteiger partial charge in [0.2, 0.25) is 5.91 Å². The van der Waals surface area contributed by atoms with Crippen molar-refractivity contribution < 1.29 is 14.4 Å². The van der Waals surface area contributed by atoms with Crippen LogP contribution >= 0.6 is 0 Å². The molecule has 2 atom stereocenters. The van der Waals surface area contributed by atoms with Gasteiger partial charge in [-0.05, 0) is 56.5 Å². The minimum absolute atomic E-state index is 0.00598. The van der Waals surface area contributed by atoms with E-state index in [0.29, 0.717) is 18.8 Å². The van der Waals surface area contributed by atoms with Crippen LogP contribution in [0.5, 0.6) is 0 Å². The largest absolute Gasteiger partial charge is 0.352 e. The van der Waals surface area contributed by atoms with E-state index in [-0.39, 0.29) is 29.8 Å². The van der Waals surface area contributed by atoms with Gasteiger partial charge < -0.3 is 16.0 Å². The van der Waals surface area contributed by atoms with E-state index < -0.39 is 11.6 Å². The van der Waals surface area contributed by atoms with Gasteiger partial charge in [0.15, 0.2) is 0 Å². The second-order valence-electron chi connectivity index (χ2n) is 8.85. The summed E-state index contributed by atoms with van der Waals surface area (Å²) < 4.78 is 0. The summed E-state index contributed by atoms with van der Waals surface area (Å²) >= 11 is 0. The SMILES string of the molecule is CC1CC(C)(C)CC2(C1)NC(=O)N(CC(=O)NC1CCNCC1)C2=O. The molecule has 0 radical (unpaired) electrons. The topological polar surface area (TPSA) is 90.5 Å². The second-order valence-corrected chi connectivity index (χ2v) is 8.85. The molecule has 3 N–H and O–H groups in total. The highest BCUT2D eigenvalue weighted by Crippen LogP contribution is 2.46. The maximum absolute atomic E-state index is 13.0. The van der Waals surface area contributed by atoms with E-state index in [1.165, 1.54) is 0 Å². The highest BCUT2D eigenvalue weighted by atomic mass is 16.2. The van der Waals surface area contributed by atoms with Gasteiger partial charge in [0.1, 0.15) is 12.1 Å². The summed E-state index contributed by atoms with van der Waals surface area (Å²) in [4.78, 5) is 38.8. The van der Waals surface area contributed by atoms with Crippen molar-refractivity contribution in [2.45, 2.75) is 64.5 Å². The number of nitrogens with zero attached hydrogens (tertiary/aromatic N) is 1. The van der Waals surface area contributed by atoms with Crippen LogP contribution < -0.4 is 16.0 Å². The Morgan fingerprint density at radius 2 is 1.92 bits per heavy atom. The number of nitrogens with one attached hydrogen (secondary N) is 3. The quantitative estimate of drug-likeness (QED) is 0.662. The summed E-state index contributed by atoms with van der Waals surface area (Å²) in [6.07, 6.45) is 4.06. The molecule has 7 heteroatoms. The van der Waals surface area contributed by atoms with Gasteiger partial charge in [-0.15, -0.1) is 0 Å². The Morgan fingerprint density at radius 3 is 2.56 bits per heavy atom. The second kappa shape index (κ2) is 6.59. The third kappa shape index (κ3) is 3.81. The van der Waals surface area contributed by atoms with Crippen molar-refractivity contribution in [3.63, 3.8) is 0 Å². The molecule has 4 amide bonds. The van der Waals surface area contributed by atoms with Gasteiger partial charge in [-0.25, -0.2) is 4.79 Å². The highest BCUT2D eigenvalue weighted by molar-refractivity contribution is 6.09. The lowest BCUT2D eigenvalue weighted by Gasteiger charge is -2.43. The lowest BCUT2D eigenvalue weighted by Crippen LogP contribution is -2.54. The Balaban J connectivity index is 1.66. The average molecular weight is 350 g/mol. The molecule has 0 aromatic heterocycles. The summed E-state index contributed by atoms with van der Waals surface area (Å²) in [5, 5.41) is 9.11. The minimum Gasteiger partial charge on any atom is -0.352 e. The Kier molecular flexibility index (Phi) is 4.79. The van der Waals surface area contributed by atoms with Gasteiger partial charge in [-0.1, -0.05) is 20.8 Å². The first-order valence-corrected chi connectivity index (χ1v) is 9.35. The first-order valence-electron chi connectivity index (χ1n) is 9.35. The van der Waals surface area contributed by atoms with E-state index in [9.17, 15) is 14.4 Å². The van der Waals surface area contributed by atoms with Crippen LogP contribution in [-0.4, -0.2) is 54.0 Å². The van der Waals surface area contributed by atoms with Crippen LogP contribution in [0, 0.1) is 11.3 Å². The predicted octanol–water partition coefficient (Wildman–Crippen LogP) is 0.991. The standard InChI is InChI=1S/C18H30N4O3/c1-12-8-17(2,3)11-18(9-12)15(24)22(16(25)21-18)10-14(23)20-13-4-6-19-7-5-13/h12-13,19H,4-11H2,1-3H3,(H,20,23)(H,21,25). The van der Waals surface area contributed by atoms with Crippen molar-refractivity contribution >= 4 is 17.8 Å². The molecule has 2 aliphatic heterocycles. The fraction of sp³-hybridized carbons (Fsp3) is 0.833. The number of hydrogen-bond donors (Lipinski definition) is 3. The Labute approximate surface area is 149 Å². The number of imide groups is 1. The molecule has 140 valence electrons. The molecule has 3 fully saturated rings. The molecule has 2 unspecified atom stereocenters. The summed E-state index contributed by atoms with van der Waals surface area (Å²) in [6.45, 7) is 7.96. The molecular weight excluding hydrogens is 320 g/mol. The lowest BCUT2D eigenvalue weighted by molar-refractivity contribution is -0.137. The molecule has 2 saturated heterocycles. The Hall–Kier alpha value is -1.63. The smallest absolute Gasteiger partial charge is 0.325 e. The van der Waals surface area contributed by atoms with Crippen molar-refractivity contribution in [1.82, 2.24) is 20.9 Å². The third-order valence-corrected chi connectivity index (χ3v) is 5.63. The van der Waals surface area contributed by atoms with Crippen molar-refractivity contribution in [3.8, 4) is 0 Å². The molecule has 1 spiro atoms. The monoisotopic (exact) mass is 350 g/mol. The van der Waals surface area contributed by atoms with E-state index in [1.54, 1.807) is 0 Å². The molecule has 0 bridgehead atoms. The van der Waals surface area contributed by atoms with Gasteiger partial charge >= 0.3 is 6.03 Å². The molecular formula is C18H30N4O3. The molecule has 0 aromatic rings. The van der Waals surface area contributed by atoms with Crippen LogP contribution in [0.25, 0.3) is 0 Å². The summed E-state index contributed by atoms with van der Waals surface area (Å²) in [5.74, 6) is -0.135. The molecule has 3 aliphatic rings. The molecule has 7 nitrogen and oxygen atoms in total. The molecule has 25 heavy (non-hydrogen) atoms. The van der Waals surface area contributed by atoms with Gasteiger partial charge in [-0.3, -0.25) is 14.5 Å². The summed E-state index contributed by atoms with van der Waals surface area (Å²) in [5.41, 5.74) is -0.846. The van der Waals surface area contributed by atoms with E-state index in [1.807, 2.05) is 0 Å². The average Bonchev–Trinajstić information content (AvgIpc) is 2.70. The van der Waals surface area contributed by atoms with Crippen molar-refractivity contribution in [1.29, 1.82) is 0 Å². The van der Waals surface area contributed by atoms with Gasteiger partial charge in [-0.2, -0.15) is 0 Å². The Morgan fingerprint density at radius 1 is 1.24 bits per heavy atom. The maximum Gasteiger partial charge on any atom is 0.325 e. The predicted molar refractivity (Wildman–Crippen MR) is 93.8 cm³/mol. The van der Waals surface area contributed by atoms with Crippen molar-refractivity contribution in [2.75, 3.05) is 19.6 Å². The zero-order valence-electron chi connectivity index (χ0n) is 15.5. The molecule has 3 rings (SSSR count). The van der Waals surface area contributed by atoms with Crippen LogP contribution in [0.3, 0.4) is 0 Å². The zero-order valence-corrected chi connectivity index (χ0v) is 15.5. The van der Waals surface area contributed by atoms with Crippen LogP contribution in [0.1, 0.15) is 52.9 Å². The number of carbonyl (C=O) groups excluding carboxylic acids is 3. The number of carbonyl (C=O) groups is 3. The molecule has 2 heterocycles. The number of piperidine rings is 1. The van der Waals surface area contributed by atoms with Crippen LogP contribution in [-0.2, 0) is 9.59 Å². The van der Waals surface area contributed by atoms with Crippen LogP contribution in [0.15, 0.2) is 0 Å². The maximum atomic E-state index is 13.0. The highest BCUT2D eigenvalue weighted by Gasteiger charge is 2.56. The molecule has 0 aromatic carbocycles. The van der Waals surface area contributed by atoms with Crippen LogP contribution in [0.2, 0.25) is 0 Å². The van der Waals surface area contributed by atoms with Crippen molar-refractivity contribution in [2.24, 2.45) is 11.3 Å². The van der Waals surface area contributed by atoms with Gasteiger partial charge in [0.05, 0.1) is 0 Å².